The van der Waals surface area contributed by atoms with Gasteiger partial charge in [0, 0.05) is 15.4 Å². The Balaban J connectivity index is 2.19. The summed E-state index contributed by atoms with van der Waals surface area (Å²) in [5, 5.41) is 0. The summed E-state index contributed by atoms with van der Waals surface area (Å²) in [4.78, 5) is 1.28. The van der Waals surface area contributed by atoms with Gasteiger partial charge in [0.05, 0.1) is 3.79 Å². The summed E-state index contributed by atoms with van der Waals surface area (Å²) >= 11 is 8.75. The monoisotopic (exact) mass is 381 g/mol. The second-order valence-corrected chi connectivity index (χ2v) is 7.69. The van der Waals surface area contributed by atoms with E-state index in [1.807, 2.05) is 0 Å². The highest BCUT2D eigenvalue weighted by atomic mass is 79.9. The van der Waals surface area contributed by atoms with E-state index < -0.39 is 0 Å². The van der Waals surface area contributed by atoms with Gasteiger partial charge in [0.25, 0.3) is 0 Å². The molecule has 1 unspecified atom stereocenters. The van der Waals surface area contributed by atoms with E-state index in [1.165, 1.54) is 43.4 Å². The third-order valence-corrected chi connectivity index (χ3v) is 6.29. The Morgan fingerprint density at radius 2 is 1.82 bits per heavy atom. The zero-order chi connectivity index (χ0) is 12.7. The zero-order valence-electron chi connectivity index (χ0n) is 10.3. The highest BCUT2D eigenvalue weighted by Gasteiger charge is 2.11. The molecule has 0 bridgehead atoms. The molecule has 1 rings (SSSR count). The van der Waals surface area contributed by atoms with Gasteiger partial charge in [0.2, 0.25) is 0 Å². The normalized spacial score (nSPS) is 12.9. The first-order valence-corrected chi connectivity index (χ1v) is 8.75. The second-order valence-electron chi connectivity index (χ2n) is 4.43. The summed E-state index contributed by atoms with van der Waals surface area (Å²) in [7, 11) is 0. The van der Waals surface area contributed by atoms with Crippen molar-refractivity contribution in [3.63, 3.8) is 0 Å². The van der Waals surface area contributed by atoms with Crippen molar-refractivity contribution in [2.45, 2.75) is 57.9 Å². The molecular weight excluding hydrogens is 362 g/mol. The van der Waals surface area contributed by atoms with Crippen LogP contribution in [0.2, 0.25) is 0 Å². The van der Waals surface area contributed by atoms with Crippen molar-refractivity contribution in [2.75, 3.05) is 0 Å². The molecule has 98 valence electrons. The van der Waals surface area contributed by atoms with E-state index in [0.717, 1.165) is 14.7 Å². The van der Waals surface area contributed by atoms with Crippen molar-refractivity contribution >= 4 is 43.2 Å². The van der Waals surface area contributed by atoms with E-state index in [4.69, 9.17) is 5.73 Å². The van der Waals surface area contributed by atoms with Crippen molar-refractivity contribution in [1.29, 1.82) is 0 Å². The van der Waals surface area contributed by atoms with Gasteiger partial charge in [-0.3, -0.25) is 0 Å². The van der Waals surface area contributed by atoms with Crippen molar-refractivity contribution < 1.29 is 0 Å². The summed E-state index contributed by atoms with van der Waals surface area (Å²) < 4.78 is 2.27. The molecule has 0 saturated carbocycles. The van der Waals surface area contributed by atoms with Crippen LogP contribution in [0.3, 0.4) is 0 Å². The molecule has 0 aromatic carbocycles. The molecule has 0 amide bonds. The molecule has 1 atom stereocenters. The van der Waals surface area contributed by atoms with E-state index in [-0.39, 0.29) is 6.04 Å². The first-order valence-electron chi connectivity index (χ1n) is 6.35. The van der Waals surface area contributed by atoms with Gasteiger partial charge >= 0.3 is 0 Å². The molecule has 17 heavy (non-hydrogen) atoms. The Kier molecular flexibility index (Phi) is 8.00. The third kappa shape index (κ3) is 5.86. The Bertz CT molecular complexity index is 306. The minimum atomic E-state index is 0.203. The fraction of sp³-hybridized carbons (Fsp3) is 0.692. The predicted molar refractivity (Wildman–Crippen MR) is 84.6 cm³/mol. The Hall–Kier alpha value is 0.620. The molecule has 0 saturated heterocycles. The smallest absolute Gasteiger partial charge is 0.0843 e. The third-order valence-electron chi connectivity index (χ3n) is 2.90. The lowest BCUT2D eigenvalue weighted by molar-refractivity contribution is 0.551. The first-order chi connectivity index (χ1) is 8.15. The van der Waals surface area contributed by atoms with Gasteiger partial charge in [-0.15, -0.1) is 11.3 Å². The molecule has 0 aliphatic rings. The summed E-state index contributed by atoms with van der Waals surface area (Å²) in [6.45, 7) is 2.25. The molecule has 0 fully saturated rings. The number of unbranched alkanes of at least 4 members (excludes halogenated alkanes) is 5. The predicted octanol–water partition coefficient (Wildman–Crippen LogP) is 6.02. The average Bonchev–Trinajstić information content (AvgIpc) is 2.64. The Labute approximate surface area is 125 Å². The maximum Gasteiger partial charge on any atom is 0.0843 e. The molecule has 1 aromatic rings. The maximum absolute atomic E-state index is 6.19. The first kappa shape index (κ1) is 15.7. The quantitative estimate of drug-likeness (QED) is 0.546. The van der Waals surface area contributed by atoms with Crippen LogP contribution in [0.4, 0.5) is 0 Å². The number of thiophene rings is 1. The standard InChI is InChI=1S/C13H21Br2NS/c1-2-3-4-5-6-7-8-11(16)12-9-10(14)13(15)17-12/h9,11H,2-8,16H2,1H3. The minimum absolute atomic E-state index is 0.203. The van der Waals surface area contributed by atoms with Crippen molar-refractivity contribution in [3.8, 4) is 0 Å². The van der Waals surface area contributed by atoms with Gasteiger partial charge in [-0.1, -0.05) is 45.4 Å². The molecule has 2 N–H and O–H groups in total. The number of hydrogen-bond donors (Lipinski definition) is 1. The van der Waals surface area contributed by atoms with Gasteiger partial charge in [0.15, 0.2) is 0 Å². The SMILES string of the molecule is CCCCCCCCC(N)c1cc(Br)c(Br)s1. The van der Waals surface area contributed by atoms with Gasteiger partial charge in [-0.2, -0.15) is 0 Å². The molecule has 0 spiro atoms. The second kappa shape index (κ2) is 8.68. The van der Waals surface area contributed by atoms with Gasteiger partial charge < -0.3 is 5.73 Å². The zero-order valence-corrected chi connectivity index (χ0v) is 14.3. The molecule has 1 heterocycles. The van der Waals surface area contributed by atoms with Crippen LogP contribution in [0, 0.1) is 0 Å². The van der Waals surface area contributed by atoms with Crippen LogP contribution in [0.15, 0.2) is 14.3 Å². The summed E-state index contributed by atoms with van der Waals surface area (Å²) in [6.07, 6.45) is 9.10. The molecule has 0 radical (unpaired) electrons. The summed E-state index contributed by atoms with van der Waals surface area (Å²) in [6, 6.07) is 2.34. The maximum atomic E-state index is 6.19. The number of rotatable bonds is 8. The minimum Gasteiger partial charge on any atom is -0.323 e. The Morgan fingerprint density at radius 1 is 1.18 bits per heavy atom. The Morgan fingerprint density at radius 3 is 2.41 bits per heavy atom. The average molecular weight is 383 g/mol. The summed E-state index contributed by atoms with van der Waals surface area (Å²) in [5.74, 6) is 0. The molecule has 0 aliphatic heterocycles. The van der Waals surface area contributed by atoms with Crippen LogP contribution in [0.25, 0.3) is 0 Å². The lowest BCUT2D eigenvalue weighted by Gasteiger charge is -2.08. The van der Waals surface area contributed by atoms with Crippen molar-refractivity contribution in [1.82, 2.24) is 0 Å². The van der Waals surface area contributed by atoms with Gasteiger partial charge in [-0.05, 0) is 44.3 Å². The van der Waals surface area contributed by atoms with Crippen LogP contribution in [-0.4, -0.2) is 0 Å². The molecular formula is C13H21Br2NS. The van der Waals surface area contributed by atoms with Crippen molar-refractivity contribution in [2.24, 2.45) is 5.73 Å². The van der Waals surface area contributed by atoms with Crippen LogP contribution >= 0.6 is 43.2 Å². The molecule has 4 heteroatoms. The van der Waals surface area contributed by atoms with E-state index in [2.05, 4.69) is 44.8 Å². The number of hydrogen-bond acceptors (Lipinski definition) is 2. The van der Waals surface area contributed by atoms with E-state index >= 15 is 0 Å². The van der Waals surface area contributed by atoms with Gasteiger partial charge in [0.1, 0.15) is 0 Å². The highest BCUT2D eigenvalue weighted by molar-refractivity contribution is 9.13. The fourth-order valence-electron chi connectivity index (χ4n) is 1.83. The summed E-state index contributed by atoms with van der Waals surface area (Å²) in [5.41, 5.74) is 6.19. The number of nitrogens with two attached hydrogens (primary N) is 1. The van der Waals surface area contributed by atoms with E-state index in [0.29, 0.717) is 0 Å². The van der Waals surface area contributed by atoms with Crippen LogP contribution in [-0.2, 0) is 0 Å². The topological polar surface area (TPSA) is 26.0 Å². The molecule has 1 aromatic heterocycles. The lowest BCUT2D eigenvalue weighted by Crippen LogP contribution is -2.08. The lowest BCUT2D eigenvalue weighted by atomic mass is 10.1. The molecule has 1 nitrogen and oxygen atoms in total. The van der Waals surface area contributed by atoms with E-state index in [1.54, 1.807) is 11.3 Å². The molecule has 0 aliphatic carbocycles. The van der Waals surface area contributed by atoms with Crippen molar-refractivity contribution in [3.05, 3.63) is 19.2 Å². The number of halogens is 2. The van der Waals surface area contributed by atoms with Crippen LogP contribution in [0.1, 0.15) is 62.8 Å². The van der Waals surface area contributed by atoms with Gasteiger partial charge in [-0.25, -0.2) is 0 Å². The fourth-order valence-corrected chi connectivity index (χ4v) is 3.96. The van der Waals surface area contributed by atoms with Crippen LogP contribution < -0.4 is 5.73 Å². The van der Waals surface area contributed by atoms with E-state index in [9.17, 15) is 0 Å². The largest absolute Gasteiger partial charge is 0.323 e. The highest BCUT2D eigenvalue weighted by Crippen LogP contribution is 2.36. The van der Waals surface area contributed by atoms with Crippen LogP contribution in [0.5, 0.6) is 0 Å².